The number of allylic oxidation sites excluding steroid dienone is 3. The monoisotopic (exact) mass is 866 g/mol. The molecule has 1 nitrogen and oxygen atoms in total. The number of ether oxygens (including phenoxy) is 1. The molecule has 2 aliphatic carbocycles. The van der Waals surface area contributed by atoms with Crippen LogP contribution in [-0.2, 0) is 38.8 Å². The van der Waals surface area contributed by atoms with Crippen LogP contribution in [0.25, 0.3) is 33.9 Å². The molecule has 0 saturated heterocycles. The maximum atomic E-state index is 6.04. The third-order valence-corrected chi connectivity index (χ3v) is 16.7. The van der Waals surface area contributed by atoms with Gasteiger partial charge in [-0.15, -0.1) is 0 Å². The van der Waals surface area contributed by atoms with E-state index < -0.39 is 23.2 Å². The first-order chi connectivity index (χ1) is 25.4. The number of fused-ring (bicyclic) bond motifs is 2. The van der Waals surface area contributed by atoms with Gasteiger partial charge in [0.15, 0.2) is 0 Å². The molecule has 0 amide bonds. The maximum Gasteiger partial charge on any atom is -1.00 e. The molecule has 0 aliphatic heterocycles. The molecule has 0 bridgehead atoms. The van der Waals surface area contributed by atoms with Crippen LogP contribution < -0.4 is 24.8 Å². The SMILES string of the molecule is CC1=C(CCCCCCOC(C)(C)C)c2c(-c3ccc(C(C)(C)C)cc3)cccc2[CH]1[Zr+2][CH]1C(C(C)C)=Cc2c(-c3ccc(C(C)(C)C)cc3)cccc21.[Cl-].[Cl-]. The minimum Gasteiger partial charge on any atom is -1.00 e. The van der Waals surface area contributed by atoms with Crippen molar-refractivity contribution in [3.05, 3.63) is 129 Å². The fourth-order valence-corrected chi connectivity index (χ4v) is 13.9. The smallest absolute Gasteiger partial charge is 1.00 e. The van der Waals surface area contributed by atoms with Gasteiger partial charge in [0.05, 0.1) is 0 Å². The second-order valence-electron chi connectivity index (χ2n) is 19.4. The Kier molecular flexibility index (Phi) is 15.6. The number of halogens is 2. The zero-order chi connectivity index (χ0) is 39.0. The molecule has 4 heteroatoms. The van der Waals surface area contributed by atoms with Crippen LogP contribution in [0.15, 0.2) is 96.1 Å². The van der Waals surface area contributed by atoms with Crippen molar-refractivity contribution in [2.45, 2.75) is 139 Å². The van der Waals surface area contributed by atoms with E-state index in [-0.39, 0.29) is 41.2 Å². The molecule has 56 heavy (non-hydrogen) atoms. The third kappa shape index (κ3) is 10.5. The largest absolute Gasteiger partial charge is 1.00 e. The van der Waals surface area contributed by atoms with Crippen LogP contribution in [0.2, 0.25) is 0 Å². The molecule has 4 aromatic carbocycles. The molecule has 6 rings (SSSR count). The summed E-state index contributed by atoms with van der Waals surface area (Å²) in [6.07, 6.45) is 8.62. The fourth-order valence-electron chi connectivity index (χ4n) is 8.49. The van der Waals surface area contributed by atoms with Crippen molar-refractivity contribution in [2.24, 2.45) is 5.92 Å². The Hall–Kier alpha value is -2.22. The number of hydrogen-bond donors (Lipinski definition) is 0. The summed E-state index contributed by atoms with van der Waals surface area (Å²) < 4.78 is 7.18. The maximum absolute atomic E-state index is 6.04. The van der Waals surface area contributed by atoms with Gasteiger partial charge in [-0.3, -0.25) is 0 Å². The normalized spacial score (nSPS) is 16.6. The van der Waals surface area contributed by atoms with Crippen LogP contribution in [0.3, 0.4) is 0 Å². The topological polar surface area (TPSA) is 9.23 Å². The predicted octanol–water partition coefficient (Wildman–Crippen LogP) is 9.09. The van der Waals surface area contributed by atoms with Gasteiger partial charge in [0.1, 0.15) is 0 Å². The summed E-state index contributed by atoms with van der Waals surface area (Å²) in [6.45, 7) is 28.5. The van der Waals surface area contributed by atoms with Gasteiger partial charge >= 0.3 is 343 Å². The summed E-state index contributed by atoms with van der Waals surface area (Å²) in [7, 11) is 0. The van der Waals surface area contributed by atoms with E-state index in [1.165, 1.54) is 58.2 Å². The Morgan fingerprint density at radius 3 is 1.66 bits per heavy atom. The molecular weight excluding hydrogens is 803 g/mol. The first kappa shape index (κ1) is 46.5. The minimum atomic E-state index is -1.06. The number of benzene rings is 4. The average Bonchev–Trinajstić information content (AvgIpc) is 3.61. The Morgan fingerprint density at radius 2 is 1.12 bits per heavy atom. The van der Waals surface area contributed by atoms with Gasteiger partial charge in [-0.2, -0.15) is 0 Å². The van der Waals surface area contributed by atoms with E-state index >= 15 is 0 Å². The van der Waals surface area contributed by atoms with E-state index in [9.17, 15) is 0 Å². The van der Waals surface area contributed by atoms with Crippen LogP contribution in [0, 0.1) is 5.92 Å². The van der Waals surface area contributed by atoms with Crippen LogP contribution >= 0.6 is 0 Å². The zero-order valence-corrected chi connectivity index (χ0v) is 40.3. The molecule has 0 N–H and O–H groups in total. The molecule has 0 saturated carbocycles. The van der Waals surface area contributed by atoms with Crippen molar-refractivity contribution in [1.82, 2.24) is 0 Å². The van der Waals surface area contributed by atoms with Gasteiger partial charge in [-0.25, -0.2) is 0 Å². The molecule has 0 fully saturated rings. The third-order valence-electron chi connectivity index (χ3n) is 11.7. The second-order valence-corrected chi connectivity index (χ2v) is 23.0. The van der Waals surface area contributed by atoms with Crippen molar-refractivity contribution >= 4 is 11.6 Å². The van der Waals surface area contributed by atoms with E-state index in [2.05, 4.69) is 174 Å². The van der Waals surface area contributed by atoms with Crippen LogP contribution in [0.1, 0.15) is 156 Å². The van der Waals surface area contributed by atoms with Crippen LogP contribution in [0.4, 0.5) is 0 Å². The molecule has 0 heterocycles. The summed E-state index contributed by atoms with van der Waals surface area (Å²) in [4.78, 5) is 0. The van der Waals surface area contributed by atoms with Gasteiger partial charge in [0.25, 0.3) is 0 Å². The van der Waals surface area contributed by atoms with E-state index in [0.29, 0.717) is 13.2 Å². The van der Waals surface area contributed by atoms with Crippen molar-refractivity contribution < 1.29 is 52.8 Å². The predicted molar refractivity (Wildman–Crippen MR) is 231 cm³/mol. The molecular formula is C52H66Cl2OZr. The van der Waals surface area contributed by atoms with E-state index in [0.717, 1.165) is 19.4 Å². The Balaban J connectivity index is 0.00000348. The Morgan fingerprint density at radius 1 is 0.607 bits per heavy atom. The number of unbranched alkanes of at least 4 members (excludes halogenated alkanes) is 3. The van der Waals surface area contributed by atoms with Crippen molar-refractivity contribution in [1.29, 1.82) is 0 Å². The molecule has 298 valence electrons. The fraction of sp³-hybridized carbons (Fsp3) is 0.462. The molecule has 0 spiro atoms. The van der Waals surface area contributed by atoms with Crippen LogP contribution in [-0.4, -0.2) is 12.2 Å². The minimum absolute atomic E-state index is 0. The summed E-state index contributed by atoms with van der Waals surface area (Å²) in [5.41, 5.74) is 19.7. The van der Waals surface area contributed by atoms with Gasteiger partial charge in [-0.1, -0.05) is 0 Å². The van der Waals surface area contributed by atoms with Gasteiger partial charge in [-0.05, 0) is 0 Å². The van der Waals surface area contributed by atoms with Crippen molar-refractivity contribution in [2.75, 3.05) is 6.61 Å². The van der Waals surface area contributed by atoms with Gasteiger partial charge < -0.3 is 24.8 Å². The number of hydrogen-bond acceptors (Lipinski definition) is 1. The van der Waals surface area contributed by atoms with Crippen molar-refractivity contribution in [3.8, 4) is 22.3 Å². The Labute approximate surface area is 365 Å². The van der Waals surface area contributed by atoms with Crippen LogP contribution in [0.5, 0.6) is 0 Å². The van der Waals surface area contributed by atoms with E-state index in [1.807, 2.05) is 0 Å². The summed E-state index contributed by atoms with van der Waals surface area (Å²) in [5.74, 6) is 0.527. The molecule has 2 atom stereocenters. The Bertz CT molecular complexity index is 2000. The first-order valence-electron chi connectivity index (χ1n) is 20.7. The number of rotatable bonds is 12. The standard InChI is InChI=1S/C30H41O.C22H25.2ClH.Zr/c1-22-21-24-13-12-15-27(23-16-18-25(19-17-23)29(2,3)4)28(24)26(22)14-10-8-9-11-20-31-30(5,6)7;1-15(2)18-13-17-7-6-8-20(21(17)14-18)16-9-11-19(12-10-16)22(3,4)5;;;/h12-13,15-19,21H,8-11,14,20H2,1-7H3;6-15H,1-5H3;2*1H;/q;;;;+2/p-2. The summed E-state index contributed by atoms with van der Waals surface area (Å²) in [5, 5.41) is 0. The zero-order valence-electron chi connectivity index (χ0n) is 36.3. The molecule has 0 radical (unpaired) electrons. The van der Waals surface area contributed by atoms with Crippen molar-refractivity contribution in [3.63, 3.8) is 0 Å². The summed E-state index contributed by atoms with van der Waals surface area (Å²) >= 11 is -1.06. The van der Waals surface area contributed by atoms with E-state index in [4.69, 9.17) is 4.74 Å². The molecule has 0 aromatic heterocycles. The van der Waals surface area contributed by atoms with Gasteiger partial charge in [0.2, 0.25) is 0 Å². The second kappa shape index (κ2) is 18.8. The van der Waals surface area contributed by atoms with Gasteiger partial charge in [0, 0.05) is 0 Å². The molecule has 2 unspecified atom stereocenters. The quantitative estimate of drug-likeness (QED) is 0.129. The van der Waals surface area contributed by atoms with E-state index in [1.54, 1.807) is 33.4 Å². The molecule has 2 aliphatic rings. The average molecular weight is 869 g/mol. The molecule has 4 aromatic rings. The first-order valence-corrected chi connectivity index (χ1v) is 23.6. The summed E-state index contributed by atoms with van der Waals surface area (Å²) in [6, 6.07) is 33.3.